The number of nitrogens with zero attached hydrogens (tertiary/aromatic N) is 2. The molecule has 3 heteroatoms. The van der Waals surface area contributed by atoms with Crippen LogP contribution in [0.15, 0.2) is 18.2 Å². The van der Waals surface area contributed by atoms with E-state index >= 15 is 0 Å². The smallest absolute Gasteiger partial charge is 0.0419 e. The van der Waals surface area contributed by atoms with Crippen LogP contribution in [-0.4, -0.2) is 50.1 Å². The number of likely N-dealkylation sites (tertiary alicyclic amines) is 1. The van der Waals surface area contributed by atoms with E-state index in [1.807, 2.05) is 0 Å². The third kappa shape index (κ3) is 3.15. The molecule has 0 saturated carbocycles. The molecule has 0 unspecified atom stereocenters. The van der Waals surface area contributed by atoms with Crippen molar-refractivity contribution in [2.45, 2.75) is 25.8 Å². The first-order valence-corrected chi connectivity index (χ1v) is 7.94. The number of rotatable bonds is 4. The first-order chi connectivity index (χ1) is 9.72. The molecule has 2 heterocycles. The van der Waals surface area contributed by atoms with Crippen molar-refractivity contribution in [1.82, 2.24) is 9.80 Å². The van der Waals surface area contributed by atoms with Crippen molar-refractivity contribution in [1.29, 1.82) is 0 Å². The number of nitrogens with one attached hydrogen (secondary N) is 1. The fraction of sp³-hybridized carbons (Fsp3) is 0.647. The van der Waals surface area contributed by atoms with Gasteiger partial charge in [0.25, 0.3) is 0 Å². The van der Waals surface area contributed by atoms with Crippen LogP contribution in [0.4, 0.5) is 5.69 Å². The predicted octanol–water partition coefficient (Wildman–Crippen LogP) is 2.43. The summed E-state index contributed by atoms with van der Waals surface area (Å²) in [5, 5.41) is 3.56. The van der Waals surface area contributed by atoms with Crippen molar-refractivity contribution in [2.24, 2.45) is 5.92 Å². The van der Waals surface area contributed by atoms with Gasteiger partial charge in [-0.1, -0.05) is 18.2 Å². The molecule has 110 valence electrons. The Labute approximate surface area is 123 Å². The molecule has 2 aliphatic heterocycles. The lowest BCUT2D eigenvalue weighted by molar-refractivity contribution is 0.157. The van der Waals surface area contributed by atoms with Crippen LogP contribution in [0.5, 0.6) is 0 Å². The molecular weight excluding hydrogens is 246 g/mol. The molecular formula is C17H27N3. The van der Waals surface area contributed by atoms with Crippen LogP contribution >= 0.6 is 0 Å². The Bertz CT molecular complexity index is 448. The van der Waals surface area contributed by atoms with Crippen LogP contribution in [0.3, 0.4) is 0 Å². The third-order valence-electron chi connectivity index (χ3n) is 4.66. The zero-order valence-electron chi connectivity index (χ0n) is 12.9. The molecule has 1 aromatic rings. The van der Waals surface area contributed by atoms with Crippen LogP contribution in [0.1, 0.15) is 24.0 Å². The third-order valence-corrected chi connectivity index (χ3v) is 4.66. The Hall–Kier alpha value is -1.06. The minimum absolute atomic E-state index is 0.890. The molecule has 3 nitrogen and oxygen atoms in total. The van der Waals surface area contributed by atoms with E-state index in [-0.39, 0.29) is 0 Å². The van der Waals surface area contributed by atoms with E-state index in [4.69, 9.17) is 0 Å². The zero-order chi connectivity index (χ0) is 13.9. The molecule has 0 atom stereocenters. The monoisotopic (exact) mass is 273 g/mol. The highest BCUT2D eigenvalue weighted by Gasteiger charge is 2.21. The molecule has 0 aliphatic carbocycles. The van der Waals surface area contributed by atoms with Gasteiger partial charge in [0.1, 0.15) is 0 Å². The van der Waals surface area contributed by atoms with Gasteiger partial charge in [-0.25, -0.2) is 0 Å². The average molecular weight is 273 g/mol. The quantitative estimate of drug-likeness (QED) is 0.909. The highest BCUT2D eigenvalue weighted by Crippen LogP contribution is 2.28. The summed E-state index contributed by atoms with van der Waals surface area (Å²) in [6.45, 7) is 5.97. The summed E-state index contributed by atoms with van der Waals surface area (Å²) in [4.78, 5) is 4.95. The van der Waals surface area contributed by atoms with Gasteiger partial charge < -0.3 is 10.2 Å². The van der Waals surface area contributed by atoms with Gasteiger partial charge in [0, 0.05) is 25.3 Å². The Balaban J connectivity index is 1.56. The summed E-state index contributed by atoms with van der Waals surface area (Å²) in [6.07, 6.45) is 3.88. The summed E-state index contributed by atoms with van der Waals surface area (Å²) >= 11 is 0. The second kappa shape index (κ2) is 6.15. The van der Waals surface area contributed by atoms with Gasteiger partial charge in [0.05, 0.1) is 0 Å². The predicted molar refractivity (Wildman–Crippen MR) is 85.2 cm³/mol. The normalized spacial score (nSPS) is 20.1. The molecule has 0 spiro atoms. The molecule has 0 amide bonds. The lowest BCUT2D eigenvalue weighted by Gasteiger charge is -2.33. The van der Waals surface area contributed by atoms with Crippen LogP contribution in [0.2, 0.25) is 0 Å². The largest absolute Gasteiger partial charge is 0.384 e. The first-order valence-electron chi connectivity index (χ1n) is 7.94. The molecule has 2 aliphatic rings. The summed E-state index contributed by atoms with van der Waals surface area (Å²) < 4.78 is 0. The van der Waals surface area contributed by atoms with Crippen LogP contribution in [0.25, 0.3) is 0 Å². The number of anilines is 1. The molecule has 3 rings (SSSR count). The van der Waals surface area contributed by atoms with Gasteiger partial charge in [0.2, 0.25) is 0 Å². The summed E-state index contributed by atoms with van der Waals surface area (Å²) in [5.41, 5.74) is 4.42. The number of hydrogen-bond donors (Lipinski definition) is 1. The van der Waals surface area contributed by atoms with Crippen molar-refractivity contribution in [3.8, 4) is 0 Å². The number of piperidine rings is 1. The molecule has 0 bridgehead atoms. The number of fused-ring (bicyclic) bond motifs is 1. The molecule has 0 radical (unpaired) electrons. The highest BCUT2D eigenvalue weighted by atomic mass is 15.1. The minimum atomic E-state index is 0.890. The van der Waals surface area contributed by atoms with E-state index in [0.29, 0.717) is 0 Å². The van der Waals surface area contributed by atoms with Gasteiger partial charge in [-0.15, -0.1) is 0 Å². The lowest BCUT2D eigenvalue weighted by Crippen LogP contribution is -2.36. The van der Waals surface area contributed by atoms with E-state index in [1.54, 1.807) is 0 Å². The Morgan fingerprint density at radius 3 is 2.80 bits per heavy atom. The zero-order valence-corrected chi connectivity index (χ0v) is 12.9. The van der Waals surface area contributed by atoms with Crippen molar-refractivity contribution >= 4 is 5.69 Å². The van der Waals surface area contributed by atoms with Crippen molar-refractivity contribution in [2.75, 3.05) is 45.6 Å². The summed E-state index contributed by atoms with van der Waals surface area (Å²) in [7, 11) is 4.37. The van der Waals surface area contributed by atoms with E-state index < -0.39 is 0 Å². The average Bonchev–Trinajstić information content (AvgIpc) is 2.90. The van der Waals surface area contributed by atoms with Crippen molar-refractivity contribution in [3.63, 3.8) is 0 Å². The van der Waals surface area contributed by atoms with Crippen LogP contribution in [-0.2, 0) is 13.0 Å². The van der Waals surface area contributed by atoms with Gasteiger partial charge in [0.15, 0.2) is 0 Å². The number of para-hydroxylation sites is 1. The standard InChI is InChI=1S/C17H27N3/c1-19(2)12-14-7-10-20(11-8-14)13-16-5-3-4-15-6-9-18-17(15)16/h3-5,14,18H,6-13H2,1-2H3. The van der Waals surface area contributed by atoms with Gasteiger partial charge in [-0.3, -0.25) is 4.90 Å². The summed E-state index contributed by atoms with van der Waals surface area (Å²) in [5.74, 6) is 0.890. The number of hydrogen-bond acceptors (Lipinski definition) is 3. The Kier molecular flexibility index (Phi) is 4.27. The topological polar surface area (TPSA) is 18.5 Å². The van der Waals surface area contributed by atoms with Gasteiger partial charge >= 0.3 is 0 Å². The minimum Gasteiger partial charge on any atom is -0.384 e. The highest BCUT2D eigenvalue weighted by molar-refractivity contribution is 5.61. The fourth-order valence-corrected chi connectivity index (χ4v) is 3.63. The molecule has 1 aromatic carbocycles. The van der Waals surface area contributed by atoms with Crippen LogP contribution in [0, 0.1) is 5.92 Å². The maximum Gasteiger partial charge on any atom is 0.0419 e. The second-order valence-corrected chi connectivity index (χ2v) is 6.61. The Morgan fingerprint density at radius 2 is 2.05 bits per heavy atom. The van der Waals surface area contributed by atoms with Gasteiger partial charge in [-0.2, -0.15) is 0 Å². The summed E-state index contributed by atoms with van der Waals surface area (Å²) in [6, 6.07) is 6.78. The fourth-order valence-electron chi connectivity index (χ4n) is 3.63. The van der Waals surface area contributed by atoms with Crippen molar-refractivity contribution in [3.05, 3.63) is 29.3 Å². The first kappa shape index (κ1) is 13.9. The van der Waals surface area contributed by atoms with E-state index in [9.17, 15) is 0 Å². The lowest BCUT2D eigenvalue weighted by atomic mass is 9.96. The molecule has 0 aromatic heterocycles. The SMILES string of the molecule is CN(C)CC1CCN(Cc2cccc3c2NCC3)CC1. The molecule has 1 fully saturated rings. The Morgan fingerprint density at radius 1 is 1.25 bits per heavy atom. The second-order valence-electron chi connectivity index (χ2n) is 6.61. The van der Waals surface area contributed by atoms with Gasteiger partial charge in [-0.05, 0) is 63.5 Å². The number of benzene rings is 1. The van der Waals surface area contributed by atoms with E-state index in [2.05, 4.69) is 47.4 Å². The molecule has 1 saturated heterocycles. The maximum absolute atomic E-state index is 3.56. The maximum atomic E-state index is 3.56. The van der Waals surface area contributed by atoms with E-state index in [1.165, 1.54) is 55.7 Å². The van der Waals surface area contributed by atoms with Crippen LogP contribution < -0.4 is 5.32 Å². The van der Waals surface area contributed by atoms with E-state index in [0.717, 1.165) is 19.0 Å². The molecule has 20 heavy (non-hydrogen) atoms. The van der Waals surface area contributed by atoms with Crippen molar-refractivity contribution < 1.29 is 0 Å². The molecule has 1 N–H and O–H groups in total.